The molecule has 0 saturated carbocycles. The molecule has 0 unspecified atom stereocenters. The highest BCUT2D eigenvalue weighted by atomic mass is 19.4. The third kappa shape index (κ3) is 3.53. The molecule has 0 aliphatic rings. The van der Waals surface area contributed by atoms with Gasteiger partial charge in [-0.05, 0) is 23.8 Å². The van der Waals surface area contributed by atoms with Crippen LogP contribution in [0.1, 0.15) is 17.0 Å². The van der Waals surface area contributed by atoms with Crippen LogP contribution in [0.4, 0.5) is 18.9 Å². The molecule has 0 radical (unpaired) electrons. The van der Waals surface area contributed by atoms with Gasteiger partial charge in [-0.3, -0.25) is 0 Å². The van der Waals surface area contributed by atoms with Crippen molar-refractivity contribution in [1.29, 1.82) is 0 Å². The topological polar surface area (TPSA) is 54.7 Å². The molecule has 0 spiro atoms. The Labute approximate surface area is 131 Å². The first-order chi connectivity index (χ1) is 10.9. The van der Waals surface area contributed by atoms with Crippen LogP contribution in [0.15, 0.2) is 54.7 Å². The number of nitrogens with one attached hydrogen (secondary N) is 1. The number of aromatic amines is 1. The maximum absolute atomic E-state index is 12.9. The van der Waals surface area contributed by atoms with Gasteiger partial charge in [0.1, 0.15) is 5.82 Å². The Kier molecular flexibility index (Phi) is 3.82. The van der Waals surface area contributed by atoms with Gasteiger partial charge in [-0.25, -0.2) is 4.98 Å². The van der Waals surface area contributed by atoms with E-state index < -0.39 is 11.7 Å². The molecule has 1 heterocycles. The summed E-state index contributed by atoms with van der Waals surface area (Å²) in [5, 5.41) is 0. The van der Waals surface area contributed by atoms with Gasteiger partial charge in [0.15, 0.2) is 0 Å². The third-order valence-electron chi connectivity index (χ3n) is 3.44. The summed E-state index contributed by atoms with van der Waals surface area (Å²) in [6.07, 6.45) is -2.33. The predicted octanol–water partition coefficient (Wildman–Crippen LogP) is 4.27. The van der Waals surface area contributed by atoms with Gasteiger partial charge in [0.25, 0.3) is 0 Å². The number of anilines is 1. The molecule has 0 atom stereocenters. The monoisotopic (exact) mass is 317 g/mol. The Morgan fingerprint density at radius 2 is 1.78 bits per heavy atom. The Hall–Kier alpha value is -2.76. The molecule has 0 saturated heterocycles. The lowest BCUT2D eigenvalue weighted by Gasteiger charge is -2.09. The molecular formula is C17H14F3N3. The highest BCUT2D eigenvalue weighted by molar-refractivity contribution is 5.65. The van der Waals surface area contributed by atoms with E-state index in [0.29, 0.717) is 23.5 Å². The Morgan fingerprint density at radius 1 is 1.04 bits per heavy atom. The van der Waals surface area contributed by atoms with E-state index >= 15 is 0 Å². The van der Waals surface area contributed by atoms with Crippen LogP contribution in [-0.4, -0.2) is 9.97 Å². The molecule has 0 aliphatic carbocycles. The van der Waals surface area contributed by atoms with E-state index in [2.05, 4.69) is 9.97 Å². The van der Waals surface area contributed by atoms with Crippen LogP contribution in [0.5, 0.6) is 0 Å². The molecule has 0 aliphatic heterocycles. The lowest BCUT2D eigenvalue weighted by molar-refractivity contribution is -0.137. The van der Waals surface area contributed by atoms with E-state index in [-0.39, 0.29) is 5.69 Å². The number of hydrogen-bond acceptors (Lipinski definition) is 2. The fraction of sp³-hybridized carbons (Fsp3) is 0.118. The van der Waals surface area contributed by atoms with E-state index in [1.54, 1.807) is 0 Å². The minimum Gasteiger partial charge on any atom is -0.399 e. The SMILES string of the molecule is Nc1cc(-c2cnc(Cc3ccccc3)[nH]2)cc(C(F)(F)F)c1. The number of aromatic nitrogens is 2. The minimum absolute atomic E-state index is 0.0639. The van der Waals surface area contributed by atoms with Gasteiger partial charge in [-0.15, -0.1) is 0 Å². The fourth-order valence-electron chi connectivity index (χ4n) is 2.36. The summed E-state index contributed by atoms with van der Waals surface area (Å²) in [5.41, 5.74) is 6.82. The van der Waals surface area contributed by atoms with Crippen LogP contribution in [0.3, 0.4) is 0 Å². The third-order valence-corrected chi connectivity index (χ3v) is 3.44. The number of H-pyrrole nitrogens is 1. The van der Waals surface area contributed by atoms with Gasteiger partial charge in [0.2, 0.25) is 0 Å². The Balaban J connectivity index is 1.90. The van der Waals surface area contributed by atoms with Crippen LogP contribution in [-0.2, 0) is 12.6 Å². The second-order valence-corrected chi connectivity index (χ2v) is 5.25. The summed E-state index contributed by atoms with van der Waals surface area (Å²) < 4.78 is 38.6. The largest absolute Gasteiger partial charge is 0.416 e. The summed E-state index contributed by atoms with van der Waals surface area (Å²) in [6, 6.07) is 13.2. The van der Waals surface area contributed by atoms with Crippen molar-refractivity contribution in [1.82, 2.24) is 9.97 Å². The zero-order valence-corrected chi connectivity index (χ0v) is 12.1. The molecule has 2 aromatic carbocycles. The maximum atomic E-state index is 12.9. The average Bonchev–Trinajstić information content (AvgIpc) is 2.95. The number of nitrogen functional groups attached to an aromatic ring is 1. The summed E-state index contributed by atoms with van der Waals surface area (Å²) in [6.45, 7) is 0. The Bertz CT molecular complexity index is 807. The van der Waals surface area contributed by atoms with Crippen molar-refractivity contribution in [2.24, 2.45) is 0 Å². The molecule has 118 valence electrons. The van der Waals surface area contributed by atoms with Crippen molar-refractivity contribution in [2.45, 2.75) is 12.6 Å². The number of nitrogens with zero attached hydrogens (tertiary/aromatic N) is 1. The Morgan fingerprint density at radius 3 is 2.48 bits per heavy atom. The number of alkyl halides is 3. The van der Waals surface area contributed by atoms with Crippen molar-refractivity contribution in [3.8, 4) is 11.3 Å². The van der Waals surface area contributed by atoms with E-state index in [4.69, 9.17) is 5.73 Å². The quantitative estimate of drug-likeness (QED) is 0.709. The van der Waals surface area contributed by atoms with Gasteiger partial charge < -0.3 is 10.7 Å². The summed E-state index contributed by atoms with van der Waals surface area (Å²) in [4.78, 5) is 7.28. The van der Waals surface area contributed by atoms with Crippen molar-refractivity contribution < 1.29 is 13.2 Å². The van der Waals surface area contributed by atoms with Crippen LogP contribution in [0.25, 0.3) is 11.3 Å². The molecule has 0 bridgehead atoms. The normalized spacial score (nSPS) is 11.6. The first kappa shape index (κ1) is 15.1. The number of hydrogen-bond donors (Lipinski definition) is 2. The fourth-order valence-corrected chi connectivity index (χ4v) is 2.36. The van der Waals surface area contributed by atoms with Crippen molar-refractivity contribution in [3.05, 3.63) is 71.7 Å². The first-order valence-electron chi connectivity index (χ1n) is 6.98. The molecular weight excluding hydrogens is 303 g/mol. The van der Waals surface area contributed by atoms with Crippen LogP contribution in [0.2, 0.25) is 0 Å². The maximum Gasteiger partial charge on any atom is 0.416 e. The molecule has 3 rings (SSSR count). The highest BCUT2D eigenvalue weighted by Crippen LogP contribution is 2.33. The second-order valence-electron chi connectivity index (χ2n) is 5.25. The van der Waals surface area contributed by atoms with Crippen molar-refractivity contribution >= 4 is 5.69 Å². The smallest absolute Gasteiger partial charge is 0.399 e. The molecule has 3 aromatic rings. The number of nitrogens with two attached hydrogens (primary N) is 1. The zero-order valence-electron chi connectivity index (χ0n) is 12.1. The molecule has 6 heteroatoms. The molecule has 23 heavy (non-hydrogen) atoms. The van der Waals surface area contributed by atoms with E-state index in [0.717, 1.165) is 17.7 Å². The van der Waals surface area contributed by atoms with Crippen LogP contribution in [0, 0.1) is 0 Å². The first-order valence-corrected chi connectivity index (χ1v) is 6.98. The number of halogens is 3. The second kappa shape index (κ2) is 5.79. The van der Waals surface area contributed by atoms with Crippen molar-refractivity contribution in [2.75, 3.05) is 5.73 Å². The van der Waals surface area contributed by atoms with Gasteiger partial charge in [-0.1, -0.05) is 30.3 Å². The zero-order chi connectivity index (χ0) is 16.4. The highest BCUT2D eigenvalue weighted by Gasteiger charge is 2.31. The van der Waals surface area contributed by atoms with Crippen LogP contribution < -0.4 is 5.73 Å². The lowest BCUT2D eigenvalue weighted by atomic mass is 10.1. The van der Waals surface area contributed by atoms with Gasteiger partial charge in [-0.2, -0.15) is 13.2 Å². The number of rotatable bonds is 3. The van der Waals surface area contributed by atoms with E-state index in [9.17, 15) is 13.2 Å². The standard InChI is InChI=1S/C17H14F3N3/c18-17(19,20)13-7-12(8-14(21)9-13)15-10-22-16(23-15)6-11-4-2-1-3-5-11/h1-5,7-10H,6,21H2,(H,22,23). The number of imidazole rings is 1. The predicted molar refractivity (Wildman–Crippen MR) is 82.7 cm³/mol. The van der Waals surface area contributed by atoms with Crippen molar-refractivity contribution in [3.63, 3.8) is 0 Å². The van der Waals surface area contributed by atoms with E-state index in [1.165, 1.54) is 12.3 Å². The van der Waals surface area contributed by atoms with Crippen LogP contribution >= 0.6 is 0 Å². The summed E-state index contributed by atoms with van der Waals surface area (Å²) in [7, 11) is 0. The summed E-state index contributed by atoms with van der Waals surface area (Å²) >= 11 is 0. The van der Waals surface area contributed by atoms with Gasteiger partial charge in [0, 0.05) is 17.7 Å². The average molecular weight is 317 g/mol. The summed E-state index contributed by atoms with van der Waals surface area (Å²) in [5.74, 6) is 0.683. The molecule has 1 aromatic heterocycles. The molecule has 0 fully saturated rings. The van der Waals surface area contributed by atoms with Gasteiger partial charge >= 0.3 is 6.18 Å². The molecule has 3 N–H and O–H groups in total. The minimum atomic E-state index is -4.43. The molecule has 3 nitrogen and oxygen atoms in total. The number of benzene rings is 2. The lowest BCUT2D eigenvalue weighted by Crippen LogP contribution is -2.06. The van der Waals surface area contributed by atoms with Gasteiger partial charge in [0.05, 0.1) is 17.5 Å². The van der Waals surface area contributed by atoms with E-state index in [1.807, 2.05) is 30.3 Å². The molecule has 0 amide bonds.